The van der Waals surface area contributed by atoms with E-state index in [0.717, 1.165) is 48.3 Å². The van der Waals surface area contributed by atoms with Crippen LogP contribution < -0.4 is 0 Å². The molecule has 0 unspecified atom stereocenters. The maximum atomic E-state index is 13.1. The third-order valence-corrected chi connectivity index (χ3v) is 5.05. The molecule has 4 nitrogen and oxygen atoms in total. The number of aromatic nitrogens is 2. The highest BCUT2D eigenvalue weighted by molar-refractivity contribution is 6.00. The standard InChI is InChI=1S/C22H21N3O/c26-22(20-9-5-4-8-19(20)17-6-2-1-3-7-17)25-14-11-18(12-15-25)21-10-13-23-16-24-21/h1-10,13,16,18H,11-12,14-15H2. The van der Waals surface area contributed by atoms with Crippen LogP contribution in [0.5, 0.6) is 0 Å². The third kappa shape index (κ3) is 3.36. The number of piperidine rings is 1. The summed E-state index contributed by atoms with van der Waals surface area (Å²) >= 11 is 0. The zero-order valence-corrected chi connectivity index (χ0v) is 14.6. The SMILES string of the molecule is O=C(c1ccccc1-c1ccccc1)N1CCC(c2ccncn2)CC1. The minimum absolute atomic E-state index is 0.116. The van der Waals surface area contributed by atoms with Crippen molar-refractivity contribution in [3.63, 3.8) is 0 Å². The van der Waals surface area contributed by atoms with Crippen LogP contribution in [0.3, 0.4) is 0 Å². The zero-order valence-electron chi connectivity index (χ0n) is 14.6. The van der Waals surface area contributed by atoms with Gasteiger partial charge >= 0.3 is 0 Å². The summed E-state index contributed by atoms with van der Waals surface area (Å²) in [4.78, 5) is 23.5. The lowest BCUT2D eigenvalue weighted by molar-refractivity contribution is 0.0713. The monoisotopic (exact) mass is 343 g/mol. The molecular formula is C22H21N3O. The van der Waals surface area contributed by atoms with Crippen molar-refractivity contribution in [1.82, 2.24) is 14.9 Å². The van der Waals surface area contributed by atoms with Gasteiger partial charge < -0.3 is 4.90 Å². The van der Waals surface area contributed by atoms with E-state index >= 15 is 0 Å². The summed E-state index contributed by atoms with van der Waals surface area (Å²) in [5.41, 5.74) is 3.93. The Bertz CT molecular complexity index is 872. The van der Waals surface area contributed by atoms with Crippen LogP contribution in [0.15, 0.2) is 73.2 Å². The lowest BCUT2D eigenvalue weighted by atomic mass is 9.92. The van der Waals surface area contributed by atoms with Crippen LogP contribution in [0.4, 0.5) is 0 Å². The van der Waals surface area contributed by atoms with Crippen LogP contribution in [0, 0.1) is 0 Å². The molecule has 0 radical (unpaired) electrons. The molecule has 4 rings (SSSR count). The van der Waals surface area contributed by atoms with E-state index in [1.807, 2.05) is 65.6 Å². The molecule has 2 heterocycles. The van der Waals surface area contributed by atoms with E-state index in [4.69, 9.17) is 0 Å². The van der Waals surface area contributed by atoms with Crippen molar-refractivity contribution in [1.29, 1.82) is 0 Å². The van der Waals surface area contributed by atoms with Crippen molar-refractivity contribution in [2.75, 3.05) is 13.1 Å². The van der Waals surface area contributed by atoms with Gasteiger partial charge in [0.2, 0.25) is 0 Å². The quantitative estimate of drug-likeness (QED) is 0.717. The van der Waals surface area contributed by atoms with Gasteiger partial charge in [-0.25, -0.2) is 9.97 Å². The van der Waals surface area contributed by atoms with E-state index in [1.54, 1.807) is 12.5 Å². The number of nitrogens with zero attached hydrogens (tertiary/aromatic N) is 3. The Morgan fingerprint density at radius 3 is 2.38 bits per heavy atom. The van der Waals surface area contributed by atoms with E-state index in [2.05, 4.69) is 9.97 Å². The van der Waals surface area contributed by atoms with Gasteiger partial charge in [0.15, 0.2) is 0 Å². The number of carbonyl (C=O) groups is 1. The first-order valence-electron chi connectivity index (χ1n) is 9.02. The summed E-state index contributed by atoms with van der Waals surface area (Å²) in [6, 6.07) is 20.0. The molecule has 0 spiro atoms. The van der Waals surface area contributed by atoms with Gasteiger partial charge in [-0.3, -0.25) is 4.79 Å². The predicted molar refractivity (Wildman–Crippen MR) is 102 cm³/mol. The maximum absolute atomic E-state index is 13.1. The second-order valence-corrected chi connectivity index (χ2v) is 6.61. The zero-order chi connectivity index (χ0) is 17.8. The highest BCUT2D eigenvalue weighted by Gasteiger charge is 2.26. The molecular weight excluding hydrogens is 322 g/mol. The molecule has 1 aromatic heterocycles. The second-order valence-electron chi connectivity index (χ2n) is 6.61. The highest BCUT2D eigenvalue weighted by Crippen LogP contribution is 2.29. The van der Waals surface area contributed by atoms with Crippen molar-refractivity contribution >= 4 is 5.91 Å². The molecule has 0 bridgehead atoms. The summed E-state index contributed by atoms with van der Waals surface area (Å²) in [5, 5.41) is 0. The average Bonchev–Trinajstić information content (AvgIpc) is 2.75. The minimum atomic E-state index is 0.116. The first-order chi connectivity index (χ1) is 12.8. The molecule has 0 atom stereocenters. The van der Waals surface area contributed by atoms with E-state index < -0.39 is 0 Å². The normalized spacial score (nSPS) is 15.0. The summed E-state index contributed by atoms with van der Waals surface area (Å²) in [5.74, 6) is 0.525. The smallest absolute Gasteiger partial charge is 0.254 e. The van der Waals surface area contributed by atoms with Crippen LogP contribution in [0.2, 0.25) is 0 Å². The van der Waals surface area contributed by atoms with Crippen molar-refractivity contribution in [2.24, 2.45) is 0 Å². The van der Waals surface area contributed by atoms with Crippen molar-refractivity contribution in [3.05, 3.63) is 84.4 Å². The molecule has 1 aliphatic rings. The van der Waals surface area contributed by atoms with E-state index in [1.165, 1.54) is 0 Å². The molecule has 0 aliphatic carbocycles. The van der Waals surface area contributed by atoms with E-state index in [9.17, 15) is 4.79 Å². The highest BCUT2D eigenvalue weighted by atomic mass is 16.2. The van der Waals surface area contributed by atoms with Gasteiger partial charge in [-0.05, 0) is 36.1 Å². The molecule has 26 heavy (non-hydrogen) atoms. The van der Waals surface area contributed by atoms with Crippen molar-refractivity contribution < 1.29 is 4.79 Å². The molecule has 2 aromatic carbocycles. The van der Waals surface area contributed by atoms with E-state index in [0.29, 0.717) is 5.92 Å². The molecule has 1 amide bonds. The van der Waals surface area contributed by atoms with Crippen LogP contribution >= 0.6 is 0 Å². The molecule has 4 heteroatoms. The van der Waals surface area contributed by atoms with Gasteiger partial charge in [-0.15, -0.1) is 0 Å². The Kier molecular flexibility index (Phi) is 4.73. The number of rotatable bonds is 3. The Morgan fingerprint density at radius 2 is 1.65 bits per heavy atom. The number of carbonyl (C=O) groups excluding carboxylic acids is 1. The lowest BCUT2D eigenvalue weighted by Crippen LogP contribution is -2.38. The molecule has 1 fully saturated rings. The fourth-order valence-electron chi connectivity index (χ4n) is 3.63. The molecule has 3 aromatic rings. The van der Waals surface area contributed by atoms with Gasteiger partial charge in [-0.1, -0.05) is 48.5 Å². The Labute approximate surface area is 153 Å². The number of hydrogen-bond acceptors (Lipinski definition) is 3. The number of amides is 1. The summed E-state index contributed by atoms with van der Waals surface area (Å²) in [7, 11) is 0. The average molecular weight is 343 g/mol. The Balaban J connectivity index is 1.51. The Hall–Kier alpha value is -3.01. The molecule has 1 aliphatic heterocycles. The van der Waals surface area contributed by atoms with Gasteiger partial charge in [0, 0.05) is 36.5 Å². The van der Waals surface area contributed by atoms with Crippen molar-refractivity contribution in [3.8, 4) is 11.1 Å². The molecule has 1 saturated heterocycles. The maximum Gasteiger partial charge on any atom is 0.254 e. The number of likely N-dealkylation sites (tertiary alicyclic amines) is 1. The van der Waals surface area contributed by atoms with Gasteiger partial charge in [0.25, 0.3) is 5.91 Å². The van der Waals surface area contributed by atoms with Crippen molar-refractivity contribution in [2.45, 2.75) is 18.8 Å². The van der Waals surface area contributed by atoms with Gasteiger partial charge in [0.05, 0.1) is 0 Å². The largest absolute Gasteiger partial charge is 0.339 e. The minimum Gasteiger partial charge on any atom is -0.339 e. The molecule has 0 N–H and O–H groups in total. The predicted octanol–water partition coefficient (Wildman–Crippen LogP) is 4.16. The van der Waals surface area contributed by atoms with Gasteiger partial charge in [-0.2, -0.15) is 0 Å². The first-order valence-corrected chi connectivity index (χ1v) is 9.02. The number of benzene rings is 2. The Morgan fingerprint density at radius 1 is 0.923 bits per heavy atom. The molecule has 130 valence electrons. The first kappa shape index (κ1) is 16.5. The number of hydrogen-bond donors (Lipinski definition) is 0. The fraction of sp³-hybridized carbons (Fsp3) is 0.227. The van der Waals surface area contributed by atoms with Crippen LogP contribution in [0.1, 0.15) is 34.8 Å². The summed E-state index contributed by atoms with van der Waals surface area (Å²) in [6.45, 7) is 1.52. The lowest BCUT2D eigenvalue weighted by Gasteiger charge is -2.32. The van der Waals surface area contributed by atoms with Crippen LogP contribution in [0.25, 0.3) is 11.1 Å². The van der Waals surface area contributed by atoms with E-state index in [-0.39, 0.29) is 5.91 Å². The van der Waals surface area contributed by atoms with Crippen LogP contribution in [-0.4, -0.2) is 33.9 Å². The third-order valence-electron chi connectivity index (χ3n) is 5.05. The summed E-state index contributed by atoms with van der Waals surface area (Å²) in [6.07, 6.45) is 5.27. The van der Waals surface area contributed by atoms with Crippen LogP contribution in [-0.2, 0) is 0 Å². The topological polar surface area (TPSA) is 46.1 Å². The summed E-state index contributed by atoms with van der Waals surface area (Å²) < 4.78 is 0. The van der Waals surface area contributed by atoms with Gasteiger partial charge in [0.1, 0.15) is 6.33 Å². The molecule has 0 saturated carbocycles. The second kappa shape index (κ2) is 7.48. The fourth-order valence-corrected chi connectivity index (χ4v) is 3.63.